The zero-order valence-electron chi connectivity index (χ0n) is 17.4. The lowest BCUT2D eigenvalue weighted by Crippen LogP contribution is -2.80. The fourth-order valence-electron chi connectivity index (χ4n) is 7.69. The molecule has 1 saturated heterocycles. The zero-order valence-corrected chi connectivity index (χ0v) is 17.4. The van der Waals surface area contributed by atoms with Crippen LogP contribution in [0.2, 0.25) is 0 Å². The Morgan fingerprint density at radius 2 is 2.11 bits per heavy atom. The summed E-state index contributed by atoms with van der Waals surface area (Å²) in [6.07, 6.45) is 9.64. The molecule has 3 aliphatic carbocycles. The Hall–Kier alpha value is -1.26. The highest BCUT2D eigenvalue weighted by atomic mass is 16.5. The highest BCUT2D eigenvalue weighted by Gasteiger charge is 2.75. The largest absolute Gasteiger partial charge is 0.504 e. The van der Waals surface area contributed by atoms with Gasteiger partial charge in [0.15, 0.2) is 11.5 Å². The van der Waals surface area contributed by atoms with Crippen LogP contribution in [-0.2, 0) is 16.6 Å². The molecule has 2 bridgehead atoms. The molecule has 3 fully saturated rings. The number of quaternary nitrogens is 1. The second-order valence-electron chi connectivity index (χ2n) is 10.5. The Balaban J connectivity index is 1.57. The van der Waals surface area contributed by atoms with Gasteiger partial charge in [-0.15, -0.1) is 0 Å². The molecule has 1 aromatic carbocycles. The number of piperidine rings is 1. The van der Waals surface area contributed by atoms with E-state index in [2.05, 4.69) is 20.0 Å². The molecule has 2 aliphatic heterocycles. The molecule has 152 valence electrons. The summed E-state index contributed by atoms with van der Waals surface area (Å²) in [5.74, 6) is 2.02. The van der Waals surface area contributed by atoms with Crippen LogP contribution < -0.4 is 4.74 Å². The number of likely N-dealkylation sites (tertiary alicyclic amines) is 1. The molecule has 1 aromatic rings. The summed E-state index contributed by atoms with van der Waals surface area (Å²) in [5.41, 5.74) is 2.54. The third-order valence-corrected chi connectivity index (χ3v) is 8.91. The molecule has 6 rings (SSSR count). The van der Waals surface area contributed by atoms with Gasteiger partial charge >= 0.3 is 0 Å². The van der Waals surface area contributed by atoms with Gasteiger partial charge in [-0.2, -0.15) is 0 Å². The lowest BCUT2D eigenvalue weighted by Gasteiger charge is -2.66. The zero-order chi connectivity index (χ0) is 19.1. The number of hydrogen-bond acceptors (Lipinski definition) is 3. The van der Waals surface area contributed by atoms with Crippen LogP contribution in [0.1, 0.15) is 63.0 Å². The first kappa shape index (κ1) is 17.6. The van der Waals surface area contributed by atoms with Crippen LogP contribution in [0.3, 0.4) is 0 Å². The number of aromatic hydroxyl groups is 1. The Morgan fingerprint density at radius 1 is 1.25 bits per heavy atom. The van der Waals surface area contributed by atoms with E-state index in [0.717, 1.165) is 50.4 Å². The van der Waals surface area contributed by atoms with E-state index >= 15 is 0 Å². The Bertz CT molecular complexity index is 820. The monoisotopic (exact) mass is 384 g/mol. The van der Waals surface area contributed by atoms with Gasteiger partial charge in [-0.1, -0.05) is 13.0 Å². The normalized spacial score (nSPS) is 42.8. The van der Waals surface area contributed by atoms with E-state index < -0.39 is 0 Å². The standard InChI is InChI=1S/C24H33NO3/c1-3-13-27-24-10-4-5-20-23(24)11-12-25(2,15-16-6-7-16)19(24)14-17-8-9-18(26)22(28-20)21(17)23/h8-9,16,19-20H,3-7,10-15H2,1-2H3/p+1/t19-,20+,23-,24?,25?/m1/s1. The second-order valence-corrected chi connectivity index (χ2v) is 10.5. The highest BCUT2D eigenvalue weighted by Crippen LogP contribution is 2.67. The van der Waals surface area contributed by atoms with Gasteiger partial charge in [0.2, 0.25) is 0 Å². The van der Waals surface area contributed by atoms with Gasteiger partial charge in [-0.3, -0.25) is 0 Å². The van der Waals surface area contributed by atoms with Crippen molar-refractivity contribution in [2.75, 3.05) is 26.7 Å². The van der Waals surface area contributed by atoms with Crippen molar-refractivity contribution < 1.29 is 19.1 Å². The number of hydrogen-bond donors (Lipinski definition) is 1. The molecule has 2 heterocycles. The second kappa shape index (κ2) is 5.66. The summed E-state index contributed by atoms with van der Waals surface area (Å²) in [7, 11) is 2.51. The molecule has 4 heteroatoms. The molecule has 2 unspecified atom stereocenters. The molecule has 1 spiro atoms. The van der Waals surface area contributed by atoms with Crippen LogP contribution in [0, 0.1) is 5.92 Å². The number of benzene rings is 1. The summed E-state index contributed by atoms with van der Waals surface area (Å²) >= 11 is 0. The van der Waals surface area contributed by atoms with Gasteiger partial charge in [-0.25, -0.2) is 0 Å². The topological polar surface area (TPSA) is 38.7 Å². The van der Waals surface area contributed by atoms with Crippen molar-refractivity contribution in [3.05, 3.63) is 23.3 Å². The molecule has 5 atom stereocenters. The predicted molar refractivity (Wildman–Crippen MR) is 108 cm³/mol. The molecular formula is C24H34NO3+. The minimum Gasteiger partial charge on any atom is -0.504 e. The highest BCUT2D eigenvalue weighted by molar-refractivity contribution is 5.61. The van der Waals surface area contributed by atoms with Crippen LogP contribution in [0.4, 0.5) is 0 Å². The average Bonchev–Trinajstić information content (AvgIpc) is 3.42. The van der Waals surface area contributed by atoms with E-state index in [-0.39, 0.29) is 17.1 Å². The van der Waals surface area contributed by atoms with E-state index in [4.69, 9.17) is 9.47 Å². The van der Waals surface area contributed by atoms with E-state index in [1.54, 1.807) is 0 Å². The van der Waals surface area contributed by atoms with Crippen molar-refractivity contribution in [1.29, 1.82) is 0 Å². The molecule has 0 aromatic heterocycles. The van der Waals surface area contributed by atoms with Crippen LogP contribution in [0.25, 0.3) is 0 Å². The number of rotatable bonds is 5. The fraction of sp³-hybridized carbons (Fsp3) is 0.750. The molecule has 2 saturated carbocycles. The molecule has 0 radical (unpaired) electrons. The molecule has 4 nitrogen and oxygen atoms in total. The fourth-order valence-corrected chi connectivity index (χ4v) is 7.69. The lowest BCUT2D eigenvalue weighted by molar-refractivity contribution is -0.951. The van der Waals surface area contributed by atoms with Crippen molar-refractivity contribution >= 4 is 0 Å². The maximum atomic E-state index is 10.6. The van der Waals surface area contributed by atoms with E-state index in [1.807, 2.05) is 6.07 Å². The minimum atomic E-state index is -0.139. The SMILES string of the molecule is CCCOC12CCC[C@@H]3Oc4c(O)ccc5c4[C@@]31CC[N+](C)(CC1CC1)[C@@H]2C5. The number of ether oxygens (including phenoxy) is 2. The predicted octanol–water partition coefficient (Wildman–Crippen LogP) is 3.93. The molecule has 0 amide bonds. The number of phenolic OH excluding ortho intramolecular Hbond substituents is 1. The van der Waals surface area contributed by atoms with Crippen molar-refractivity contribution in [2.45, 2.75) is 81.5 Å². The van der Waals surface area contributed by atoms with Crippen molar-refractivity contribution in [1.82, 2.24) is 0 Å². The van der Waals surface area contributed by atoms with E-state index in [9.17, 15) is 5.11 Å². The first-order valence-corrected chi connectivity index (χ1v) is 11.5. The molecule has 28 heavy (non-hydrogen) atoms. The molecule has 1 N–H and O–H groups in total. The number of phenols is 1. The third-order valence-electron chi connectivity index (χ3n) is 8.91. The van der Waals surface area contributed by atoms with Crippen LogP contribution in [0.15, 0.2) is 12.1 Å². The first-order valence-electron chi connectivity index (χ1n) is 11.5. The first-order chi connectivity index (χ1) is 13.5. The summed E-state index contributed by atoms with van der Waals surface area (Å²) in [4.78, 5) is 0. The minimum absolute atomic E-state index is 0.0615. The average molecular weight is 385 g/mol. The van der Waals surface area contributed by atoms with Gasteiger partial charge in [0.25, 0.3) is 0 Å². The van der Waals surface area contributed by atoms with Gasteiger partial charge in [0, 0.05) is 30.9 Å². The van der Waals surface area contributed by atoms with Crippen molar-refractivity contribution in [2.24, 2.45) is 5.92 Å². The summed E-state index contributed by atoms with van der Waals surface area (Å²) in [5, 5.41) is 10.6. The van der Waals surface area contributed by atoms with Crippen LogP contribution in [0.5, 0.6) is 11.5 Å². The molecule has 5 aliphatic rings. The maximum Gasteiger partial charge on any atom is 0.165 e. The Morgan fingerprint density at radius 3 is 2.89 bits per heavy atom. The third kappa shape index (κ3) is 1.99. The van der Waals surface area contributed by atoms with Gasteiger partial charge in [0.05, 0.1) is 25.6 Å². The van der Waals surface area contributed by atoms with Crippen LogP contribution in [-0.4, -0.2) is 54.1 Å². The Labute approximate surface area is 168 Å². The van der Waals surface area contributed by atoms with Crippen molar-refractivity contribution in [3.8, 4) is 11.5 Å². The van der Waals surface area contributed by atoms with Gasteiger partial charge in [0.1, 0.15) is 17.7 Å². The van der Waals surface area contributed by atoms with E-state index in [0.29, 0.717) is 11.8 Å². The van der Waals surface area contributed by atoms with Crippen LogP contribution >= 0.6 is 0 Å². The van der Waals surface area contributed by atoms with Gasteiger partial charge < -0.3 is 19.1 Å². The van der Waals surface area contributed by atoms with Gasteiger partial charge in [-0.05, 0) is 50.2 Å². The smallest absolute Gasteiger partial charge is 0.165 e. The van der Waals surface area contributed by atoms with Crippen molar-refractivity contribution in [3.63, 3.8) is 0 Å². The number of likely N-dealkylation sites (N-methyl/N-ethyl adjacent to an activating group) is 1. The summed E-state index contributed by atoms with van der Waals surface area (Å²) < 4.78 is 14.7. The summed E-state index contributed by atoms with van der Waals surface area (Å²) in [6.45, 7) is 5.58. The lowest BCUT2D eigenvalue weighted by atomic mass is 9.48. The quantitative estimate of drug-likeness (QED) is 0.782. The maximum absolute atomic E-state index is 10.6. The molecular weight excluding hydrogens is 350 g/mol. The number of nitrogens with zero attached hydrogens (tertiary/aromatic N) is 1. The summed E-state index contributed by atoms with van der Waals surface area (Å²) in [6, 6.07) is 4.55. The Kier molecular flexibility index (Phi) is 3.56. The van der Waals surface area contributed by atoms with E-state index in [1.165, 1.54) is 48.0 Å².